The first-order chi connectivity index (χ1) is 9.53. The SMILES string of the molecule is CC1CCC(CBr)(NC(=O)Cc2cccc(F)c2)CC1. The molecule has 1 saturated carbocycles. The second-order valence-electron chi connectivity index (χ2n) is 5.95. The molecule has 0 aromatic heterocycles. The van der Waals surface area contributed by atoms with Crippen molar-refractivity contribution in [2.45, 2.75) is 44.6 Å². The number of hydrogen-bond acceptors (Lipinski definition) is 1. The van der Waals surface area contributed by atoms with Gasteiger partial charge in [0.25, 0.3) is 0 Å². The van der Waals surface area contributed by atoms with Gasteiger partial charge in [-0.05, 0) is 49.3 Å². The molecule has 1 amide bonds. The highest BCUT2D eigenvalue weighted by molar-refractivity contribution is 9.09. The van der Waals surface area contributed by atoms with Crippen molar-refractivity contribution in [2.75, 3.05) is 5.33 Å². The number of hydrogen-bond donors (Lipinski definition) is 1. The van der Waals surface area contributed by atoms with Gasteiger partial charge in [0.05, 0.1) is 6.42 Å². The standard InChI is InChI=1S/C16H21BrFNO/c1-12-5-7-16(11-17,8-6-12)19-15(20)10-13-3-2-4-14(18)9-13/h2-4,9,12H,5-8,10-11H2,1H3,(H,19,20). The van der Waals surface area contributed by atoms with Gasteiger partial charge in [0, 0.05) is 10.9 Å². The van der Waals surface area contributed by atoms with E-state index in [-0.39, 0.29) is 23.7 Å². The van der Waals surface area contributed by atoms with E-state index < -0.39 is 0 Å². The average Bonchev–Trinajstić information content (AvgIpc) is 2.41. The highest BCUT2D eigenvalue weighted by atomic mass is 79.9. The molecule has 0 bridgehead atoms. The fourth-order valence-electron chi connectivity index (χ4n) is 2.78. The summed E-state index contributed by atoms with van der Waals surface area (Å²) in [5.41, 5.74) is 0.591. The Bertz CT molecular complexity index is 469. The highest BCUT2D eigenvalue weighted by Crippen LogP contribution is 2.33. The predicted molar refractivity (Wildman–Crippen MR) is 82.4 cm³/mol. The van der Waals surface area contributed by atoms with Gasteiger partial charge in [-0.2, -0.15) is 0 Å². The van der Waals surface area contributed by atoms with Crippen LogP contribution in [0, 0.1) is 11.7 Å². The van der Waals surface area contributed by atoms with Gasteiger partial charge in [0.2, 0.25) is 5.91 Å². The van der Waals surface area contributed by atoms with Gasteiger partial charge in [-0.1, -0.05) is 35.0 Å². The number of carbonyl (C=O) groups excluding carboxylic acids is 1. The van der Waals surface area contributed by atoms with Crippen molar-refractivity contribution >= 4 is 21.8 Å². The van der Waals surface area contributed by atoms with Crippen LogP contribution < -0.4 is 5.32 Å². The minimum atomic E-state index is -0.294. The first kappa shape index (κ1) is 15.5. The van der Waals surface area contributed by atoms with Crippen LogP contribution in [0.15, 0.2) is 24.3 Å². The van der Waals surface area contributed by atoms with Gasteiger partial charge in [-0.3, -0.25) is 4.79 Å². The van der Waals surface area contributed by atoms with Crippen LogP contribution in [0.4, 0.5) is 4.39 Å². The summed E-state index contributed by atoms with van der Waals surface area (Å²) in [6, 6.07) is 6.24. The molecule has 0 unspecified atom stereocenters. The van der Waals surface area contributed by atoms with E-state index in [0.717, 1.165) is 42.5 Å². The van der Waals surface area contributed by atoms with E-state index in [9.17, 15) is 9.18 Å². The van der Waals surface area contributed by atoms with Crippen molar-refractivity contribution in [3.05, 3.63) is 35.6 Å². The first-order valence-corrected chi connectivity index (χ1v) is 8.26. The third-order valence-electron chi connectivity index (χ3n) is 4.15. The highest BCUT2D eigenvalue weighted by Gasteiger charge is 2.34. The lowest BCUT2D eigenvalue weighted by atomic mass is 9.78. The fraction of sp³-hybridized carbons (Fsp3) is 0.562. The van der Waals surface area contributed by atoms with Gasteiger partial charge in [-0.15, -0.1) is 0 Å². The molecule has 0 heterocycles. The number of alkyl halides is 1. The maximum absolute atomic E-state index is 13.1. The minimum Gasteiger partial charge on any atom is -0.350 e. The second kappa shape index (κ2) is 6.70. The van der Waals surface area contributed by atoms with E-state index in [1.54, 1.807) is 12.1 Å². The average molecular weight is 342 g/mol. The number of nitrogens with one attached hydrogen (secondary N) is 1. The molecule has 0 spiro atoms. The summed E-state index contributed by atoms with van der Waals surface area (Å²) in [7, 11) is 0. The lowest BCUT2D eigenvalue weighted by molar-refractivity contribution is -0.122. The lowest BCUT2D eigenvalue weighted by Gasteiger charge is -2.39. The molecule has 1 N–H and O–H groups in total. The van der Waals surface area contributed by atoms with Crippen LogP contribution in [0.25, 0.3) is 0 Å². The third-order valence-corrected chi connectivity index (χ3v) is 5.22. The zero-order chi connectivity index (χ0) is 14.6. The molecule has 0 atom stereocenters. The van der Waals surface area contributed by atoms with Gasteiger partial charge in [0.1, 0.15) is 5.82 Å². The summed E-state index contributed by atoms with van der Waals surface area (Å²) in [5.74, 6) is 0.420. The number of carbonyl (C=O) groups is 1. The monoisotopic (exact) mass is 341 g/mol. The molecule has 2 rings (SSSR count). The van der Waals surface area contributed by atoms with Crippen LogP contribution in [0.1, 0.15) is 38.2 Å². The summed E-state index contributed by atoms with van der Waals surface area (Å²) in [5, 5.41) is 3.94. The molecule has 1 aliphatic rings. The van der Waals surface area contributed by atoms with Crippen LogP contribution in [-0.2, 0) is 11.2 Å². The molecule has 20 heavy (non-hydrogen) atoms. The van der Waals surface area contributed by atoms with E-state index in [1.807, 2.05) is 0 Å². The van der Waals surface area contributed by atoms with E-state index >= 15 is 0 Å². The molecule has 0 radical (unpaired) electrons. The molecule has 2 nitrogen and oxygen atoms in total. The van der Waals surface area contributed by atoms with Gasteiger partial charge < -0.3 is 5.32 Å². The van der Waals surface area contributed by atoms with Crippen LogP contribution in [0.2, 0.25) is 0 Å². The Morgan fingerprint density at radius 2 is 2.15 bits per heavy atom. The van der Waals surface area contributed by atoms with E-state index in [4.69, 9.17) is 0 Å². The Balaban J connectivity index is 1.96. The zero-order valence-corrected chi connectivity index (χ0v) is 13.4. The number of halogens is 2. The largest absolute Gasteiger partial charge is 0.350 e. The molecular weight excluding hydrogens is 321 g/mol. The maximum atomic E-state index is 13.1. The minimum absolute atomic E-state index is 0.0235. The van der Waals surface area contributed by atoms with E-state index in [0.29, 0.717) is 0 Å². The Morgan fingerprint density at radius 3 is 2.75 bits per heavy atom. The van der Waals surface area contributed by atoms with Gasteiger partial charge in [-0.25, -0.2) is 4.39 Å². The van der Waals surface area contributed by atoms with E-state index in [2.05, 4.69) is 28.2 Å². The zero-order valence-electron chi connectivity index (χ0n) is 11.8. The Kier molecular flexibility index (Phi) is 5.19. The number of amides is 1. The van der Waals surface area contributed by atoms with Crippen LogP contribution in [0.3, 0.4) is 0 Å². The Hall–Kier alpha value is -0.900. The fourth-order valence-corrected chi connectivity index (χ4v) is 3.48. The maximum Gasteiger partial charge on any atom is 0.224 e. The lowest BCUT2D eigenvalue weighted by Crippen LogP contribution is -2.52. The van der Waals surface area contributed by atoms with Crippen molar-refractivity contribution in [3.8, 4) is 0 Å². The summed E-state index contributed by atoms with van der Waals surface area (Å²) < 4.78 is 13.1. The summed E-state index contributed by atoms with van der Waals surface area (Å²) in [6.45, 7) is 2.26. The summed E-state index contributed by atoms with van der Waals surface area (Å²) >= 11 is 3.54. The first-order valence-electron chi connectivity index (χ1n) is 7.14. The third kappa shape index (κ3) is 4.05. The van der Waals surface area contributed by atoms with Crippen molar-refractivity contribution in [1.29, 1.82) is 0 Å². The van der Waals surface area contributed by atoms with Crippen molar-refractivity contribution < 1.29 is 9.18 Å². The van der Waals surface area contributed by atoms with E-state index in [1.165, 1.54) is 12.1 Å². The Morgan fingerprint density at radius 1 is 1.45 bits per heavy atom. The molecule has 1 aromatic carbocycles. The number of rotatable bonds is 4. The topological polar surface area (TPSA) is 29.1 Å². The summed E-state index contributed by atoms with van der Waals surface area (Å²) in [4.78, 5) is 12.2. The normalized spacial score (nSPS) is 26.2. The molecule has 0 saturated heterocycles. The van der Waals surface area contributed by atoms with Gasteiger partial charge in [0.15, 0.2) is 0 Å². The molecule has 1 fully saturated rings. The van der Waals surface area contributed by atoms with Crippen LogP contribution in [0.5, 0.6) is 0 Å². The molecule has 110 valence electrons. The van der Waals surface area contributed by atoms with Crippen molar-refractivity contribution in [2.24, 2.45) is 5.92 Å². The van der Waals surface area contributed by atoms with Crippen molar-refractivity contribution in [1.82, 2.24) is 5.32 Å². The van der Waals surface area contributed by atoms with Crippen LogP contribution >= 0.6 is 15.9 Å². The van der Waals surface area contributed by atoms with Crippen molar-refractivity contribution in [3.63, 3.8) is 0 Å². The molecule has 1 aliphatic carbocycles. The predicted octanol–water partition coefficient (Wildman–Crippen LogP) is 3.83. The molecule has 4 heteroatoms. The van der Waals surface area contributed by atoms with Gasteiger partial charge >= 0.3 is 0 Å². The quantitative estimate of drug-likeness (QED) is 0.828. The smallest absolute Gasteiger partial charge is 0.224 e. The molecule has 0 aliphatic heterocycles. The summed E-state index contributed by atoms with van der Waals surface area (Å²) in [6.07, 6.45) is 4.54. The second-order valence-corrected chi connectivity index (χ2v) is 6.51. The Labute approximate surface area is 128 Å². The van der Waals surface area contributed by atoms with Crippen LogP contribution in [-0.4, -0.2) is 16.8 Å². The number of benzene rings is 1. The molecule has 1 aromatic rings. The molecular formula is C16H21BrFNO.